The number of nitrogens with zero attached hydrogens (tertiary/aromatic N) is 4. The van der Waals surface area contributed by atoms with Crippen LogP contribution in [0.5, 0.6) is 0 Å². The van der Waals surface area contributed by atoms with Crippen molar-refractivity contribution in [3.05, 3.63) is 59.1 Å². The first-order valence-electron chi connectivity index (χ1n) is 10.2. The number of benzene rings is 2. The molecule has 0 bridgehead atoms. The zero-order valence-electron chi connectivity index (χ0n) is 17.2. The molecule has 0 aliphatic heterocycles. The van der Waals surface area contributed by atoms with Gasteiger partial charge in [0.05, 0.1) is 6.04 Å². The fourth-order valence-electron chi connectivity index (χ4n) is 3.27. The van der Waals surface area contributed by atoms with Crippen molar-refractivity contribution in [1.29, 1.82) is 0 Å². The highest BCUT2D eigenvalue weighted by Crippen LogP contribution is 2.36. The van der Waals surface area contributed by atoms with E-state index in [1.54, 1.807) is 30.3 Å². The molecule has 1 aliphatic rings. The predicted octanol–water partition coefficient (Wildman–Crippen LogP) is 3.72. The van der Waals surface area contributed by atoms with Crippen LogP contribution in [0.4, 0.5) is 5.69 Å². The van der Waals surface area contributed by atoms with Crippen LogP contribution in [0.3, 0.4) is 0 Å². The summed E-state index contributed by atoms with van der Waals surface area (Å²) in [4.78, 5) is 25.6. The molecule has 1 unspecified atom stereocenters. The molecule has 8 nitrogen and oxygen atoms in total. The van der Waals surface area contributed by atoms with Crippen LogP contribution in [0.15, 0.2) is 48.5 Å². The van der Waals surface area contributed by atoms with Crippen LogP contribution in [-0.4, -0.2) is 38.1 Å². The van der Waals surface area contributed by atoms with Gasteiger partial charge in [0, 0.05) is 21.8 Å². The van der Waals surface area contributed by atoms with Crippen molar-refractivity contribution in [2.24, 2.45) is 5.92 Å². The number of tetrazole rings is 1. The Kier molecular flexibility index (Phi) is 5.99. The molecular weight excluding hydrogens is 416 g/mol. The monoisotopic (exact) mass is 438 g/mol. The molecule has 2 N–H and O–H groups in total. The van der Waals surface area contributed by atoms with Gasteiger partial charge in [0.2, 0.25) is 5.91 Å². The molecular formula is C22H23ClN6O2. The van der Waals surface area contributed by atoms with Gasteiger partial charge in [-0.05, 0) is 65.6 Å². The summed E-state index contributed by atoms with van der Waals surface area (Å²) in [6.45, 7) is 3.76. The average Bonchev–Trinajstić information content (AvgIpc) is 3.48. The Hall–Kier alpha value is -3.26. The highest BCUT2D eigenvalue weighted by molar-refractivity contribution is 6.30. The molecule has 0 radical (unpaired) electrons. The number of carbonyl (C=O) groups is 2. The summed E-state index contributed by atoms with van der Waals surface area (Å²) in [5, 5.41) is 18.3. The lowest BCUT2D eigenvalue weighted by Crippen LogP contribution is -2.47. The number of hydrogen-bond acceptors (Lipinski definition) is 5. The third kappa shape index (κ3) is 4.91. The second-order valence-electron chi connectivity index (χ2n) is 7.95. The van der Waals surface area contributed by atoms with Crippen molar-refractivity contribution in [2.45, 2.75) is 38.8 Å². The van der Waals surface area contributed by atoms with Crippen LogP contribution in [0.2, 0.25) is 5.02 Å². The first-order valence-corrected chi connectivity index (χ1v) is 10.6. The van der Waals surface area contributed by atoms with E-state index in [-0.39, 0.29) is 17.7 Å². The maximum atomic E-state index is 13.0. The van der Waals surface area contributed by atoms with Crippen LogP contribution in [0, 0.1) is 5.92 Å². The standard InChI is InChI=1S/C22H23ClN6O2/c1-13(2)19(25-21(30)14-6-8-16(23)9-7-14)22(31)24-17-5-3-4-15(12-17)20-26-27-28-29(20)18-10-11-18/h3-9,12-13,18-19H,10-11H2,1-2H3,(H,24,31)(H,25,30). The van der Waals surface area contributed by atoms with Gasteiger partial charge >= 0.3 is 0 Å². The van der Waals surface area contributed by atoms with Crippen LogP contribution in [0.1, 0.15) is 43.1 Å². The normalized spacial score (nSPS) is 14.3. The van der Waals surface area contributed by atoms with Crippen molar-refractivity contribution >= 4 is 29.1 Å². The number of nitrogens with one attached hydrogen (secondary N) is 2. The Morgan fingerprint density at radius 2 is 1.87 bits per heavy atom. The van der Waals surface area contributed by atoms with Crippen LogP contribution < -0.4 is 10.6 Å². The third-order valence-electron chi connectivity index (χ3n) is 5.12. The minimum atomic E-state index is -0.705. The Labute approximate surface area is 185 Å². The minimum absolute atomic E-state index is 0.110. The highest BCUT2D eigenvalue weighted by atomic mass is 35.5. The molecule has 0 spiro atoms. The quantitative estimate of drug-likeness (QED) is 0.585. The fourth-order valence-corrected chi connectivity index (χ4v) is 3.39. The van der Waals surface area contributed by atoms with Crippen LogP contribution in [0.25, 0.3) is 11.4 Å². The number of halogens is 1. The fraction of sp³-hybridized carbons (Fsp3) is 0.318. The largest absolute Gasteiger partial charge is 0.340 e. The molecule has 1 fully saturated rings. The first-order chi connectivity index (χ1) is 14.9. The minimum Gasteiger partial charge on any atom is -0.340 e. The zero-order valence-corrected chi connectivity index (χ0v) is 18.0. The van der Waals surface area contributed by atoms with E-state index in [2.05, 4.69) is 26.2 Å². The number of rotatable bonds is 7. The summed E-state index contributed by atoms with van der Waals surface area (Å²) in [5.74, 6) is -0.0595. The second kappa shape index (κ2) is 8.85. The average molecular weight is 439 g/mol. The van der Waals surface area contributed by atoms with E-state index in [1.165, 1.54) is 0 Å². The van der Waals surface area contributed by atoms with Gasteiger partial charge in [-0.3, -0.25) is 9.59 Å². The topological polar surface area (TPSA) is 102 Å². The van der Waals surface area contributed by atoms with Gasteiger partial charge in [-0.15, -0.1) is 5.10 Å². The van der Waals surface area contributed by atoms with Gasteiger partial charge in [0.1, 0.15) is 6.04 Å². The lowest BCUT2D eigenvalue weighted by atomic mass is 10.0. The lowest BCUT2D eigenvalue weighted by Gasteiger charge is -2.22. The Morgan fingerprint density at radius 1 is 1.13 bits per heavy atom. The molecule has 1 heterocycles. The molecule has 31 heavy (non-hydrogen) atoms. The lowest BCUT2D eigenvalue weighted by molar-refractivity contribution is -0.118. The van der Waals surface area contributed by atoms with Gasteiger partial charge in [-0.1, -0.05) is 37.6 Å². The van der Waals surface area contributed by atoms with Crippen molar-refractivity contribution in [2.75, 3.05) is 5.32 Å². The molecule has 9 heteroatoms. The Bertz CT molecular complexity index is 1090. The highest BCUT2D eigenvalue weighted by Gasteiger charge is 2.28. The summed E-state index contributed by atoms with van der Waals surface area (Å²) < 4.78 is 1.82. The molecule has 160 valence electrons. The van der Waals surface area contributed by atoms with Crippen molar-refractivity contribution < 1.29 is 9.59 Å². The summed E-state index contributed by atoms with van der Waals surface area (Å²) >= 11 is 5.88. The Balaban J connectivity index is 1.48. The first kappa shape index (κ1) is 21.0. The summed E-state index contributed by atoms with van der Waals surface area (Å²) in [5.41, 5.74) is 1.87. The number of hydrogen-bond donors (Lipinski definition) is 2. The SMILES string of the molecule is CC(C)C(NC(=O)c1ccc(Cl)cc1)C(=O)Nc1cccc(-c2nnnn2C2CC2)c1. The molecule has 1 atom stereocenters. The summed E-state index contributed by atoms with van der Waals surface area (Å²) in [6.07, 6.45) is 2.13. The number of anilines is 1. The molecule has 0 saturated heterocycles. The molecule has 3 aromatic rings. The van der Waals surface area contributed by atoms with Gasteiger partial charge in [0.25, 0.3) is 5.91 Å². The maximum Gasteiger partial charge on any atom is 0.251 e. The third-order valence-corrected chi connectivity index (χ3v) is 5.37. The predicted molar refractivity (Wildman–Crippen MR) is 118 cm³/mol. The van der Waals surface area contributed by atoms with Crippen molar-refractivity contribution in [3.63, 3.8) is 0 Å². The van der Waals surface area contributed by atoms with E-state index in [4.69, 9.17) is 11.6 Å². The van der Waals surface area contributed by atoms with E-state index >= 15 is 0 Å². The van der Waals surface area contributed by atoms with E-state index < -0.39 is 6.04 Å². The Morgan fingerprint density at radius 3 is 2.55 bits per heavy atom. The van der Waals surface area contributed by atoms with Gasteiger partial charge < -0.3 is 10.6 Å². The second-order valence-corrected chi connectivity index (χ2v) is 8.39. The van der Waals surface area contributed by atoms with Gasteiger partial charge in [-0.2, -0.15) is 0 Å². The van der Waals surface area contributed by atoms with Crippen molar-refractivity contribution in [3.8, 4) is 11.4 Å². The van der Waals surface area contributed by atoms with E-state index in [9.17, 15) is 9.59 Å². The molecule has 1 aromatic heterocycles. The van der Waals surface area contributed by atoms with Gasteiger partial charge in [-0.25, -0.2) is 4.68 Å². The molecule has 1 aliphatic carbocycles. The van der Waals surface area contributed by atoms with Crippen LogP contribution in [-0.2, 0) is 4.79 Å². The summed E-state index contributed by atoms with van der Waals surface area (Å²) in [6, 6.07) is 13.5. The molecule has 2 amide bonds. The van der Waals surface area contributed by atoms with Crippen LogP contribution >= 0.6 is 11.6 Å². The molecule has 2 aromatic carbocycles. The number of carbonyl (C=O) groups excluding carboxylic acids is 2. The number of amides is 2. The zero-order chi connectivity index (χ0) is 22.0. The molecule has 1 saturated carbocycles. The smallest absolute Gasteiger partial charge is 0.251 e. The van der Waals surface area contributed by atoms with Gasteiger partial charge in [0.15, 0.2) is 5.82 Å². The van der Waals surface area contributed by atoms with E-state index in [0.29, 0.717) is 28.1 Å². The van der Waals surface area contributed by atoms with E-state index in [1.807, 2.05) is 36.7 Å². The van der Waals surface area contributed by atoms with Crippen molar-refractivity contribution in [1.82, 2.24) is 25.5 Å². The van der Waals surface area contributed by atoms with E-state index in [0.717, 1.165) is 18.4 Å². The molecule has 4 rings (SSSR count). The summed E-state index contributed by atoms with van der Waals surface area (Å²) in [7, 11) is 0. The maximum absolute atomic E-state index is 13.0. The number of aromatic nitrogens is 4.